The van der Waals surface area contributed by atoms with Gasteiger partial charge in [-0.1, -0.05) is 25.3 Å². The van der Waals surface area contributed by atoms with Crippen molar-refractivity contribution in [1.82, 2.24) is 0 Å². The summed E-state index contributed by atoms with van der Waals surface area (Å²) in [6.07, 6.45) is 19.0. The van der Waals surface area contributed by atoms with E-state index in [9.17, 15) is 0 Å². The second-order valence-corrected chi connectivity index (χ2v) is 9.71. The first kappa shape index (κ1) is 17.5. The molecular weight excluding hydrogens is 340 g/mol. The lowest BCUT2D eigenvalue weighted by Crippen LogP contribution is -2.04. The van der Waals surface area contributed by atoms with Crippen molar-refractivity contribution in [3.8, 4) is 0 Å². The molecule has 0 radical (unpaired) electrons. The highest BCUT2D eigenvalue weighted by Gasteiger charge is 2.17. The lowest BCUT2D eigenvalue weighted by molar-refractivity contribution is 0.496. The Hall–Kier alpha value is -0.860. The fourth-order valence-corrected chi connectivity index (χ4v) is 6.48. The molecule has 0 saturated heterocycles. The molecule has 0 amide bonds. The van der Waals surface area contributed by atoms with Crippen molar-refractivity contribution in [2.75, 3.05) is 0 Å². The van der Waals surface area contributed by atoms with Crippen LogP contribution in [0.5, 0.6) is 0 Å². The smallest absolute Gasteiger partial charge is 0.0331 e. The Morgan fingerprint density at radius 3 is 2.44 bits per heavy atom. The number of rotatable bonds is 1. The third-order valence-electron chi connectivity index (χ3n) is 5.97. The molecule has 0 aromatic carbocycles. The summed E-state index contributed by atoms with van der Waals surface area (Å²) in [6.45, 7) is 0. The molecule has 0 bridgehead atoms. The monoisotopic (exact) mass is 370 g/mol. The number of thiophene rings is 2. The van der Waals surface area contributed by atoms with Gasteiger partial charge in [-0.05, 0) is 103 Å². The second kappa shape index (κ2) is 8.68. The van der Waals surface area contributed by atoms with Crippen LogP contribution < -0.4 is 0 Å². The van der Waals surface area contributed by atoms with Crippen molar-refractivity contribution < 1.29 is 0 Å². The standard InChI is InChI=1S/C23H30S2/c1-3-7-18(11-12-22-19(8-4-1)13-15-24-22)17-21-10-6-2-5-9-20-14-16-25-23(20)21/h13-18H,1-12H2/b21-17-. The fraction of sp³-hybridized carbons (Fsp3) is 0.565. The van der Waals surface area contributed by atoms with Gasteiger partial charge in [0.1, 0.15) is 0 Å². The summed E-state index contributed by atoms with van der Waals surface area (Å²) >= 11 is 3.97. The second-order valence-electron chi connectivity index (χ2n) is 7.79. The van der Waals surface area contributed by atoms with Crippen LogP contribution in [0.3, 0.4) is 0 Å². The van der Waals surface area contributed by atoms with Crippen LogP contribution >= 0.6 is 22.7 Å². The van der Waals surface area contributed by atoms with E-state index in [0.29, 0.717) is 0 Å². The van der Waals surface area contributed by atoms with E-state index < -0.39 is 0 Å². The molecule has 2 aliphatic rings. The maximum atomic E-state index is 2.70. The minimum absolute atomic E-state index is 0.775. The summed E-state index contributed by atoms with van der Waals surface area (Å²) in [5.41, 5.74) is 4.94. The molecule has 2 aliphatic carbocycles. The third-order valence-corrected chi connectivity index (χ3v) is 8.02. The van der Waals surface area contributed by atoms with Gasteiger partial charge >= 0.3 is 0 Å². The van der Waals surface area contributed by atoms with E-state index in [-0.39, 0.29) is 0 Å². The predicted octanol–water partition coefficient (Wildman–Crippen LogP) is 7.68. The molecule has 4 rings (SSSR count). The molecule has 2 heteroatoms. The first-order chi connectivity index (χ1) is 12.4. The highest BCUT2D eigenvalue weighted by molar-refractivity contribution is 7.11. The summed E-state index contributed by atoms with van der Waals surface area (Å²) in [5, 5.41) is 4.62. The molecule has 25 heavy (non-hydrogen) atoms. The number of hydrogen-bond acceptors (Lipinski definition) is 2. The van der Waals surface area contributed by atoms with Gasteiger partial charge in [-0.15, -0.1) is 22.7 Å². The number of hydrogen-bond donors (Lipinski definition) is 0. The predicted molar refractivity (Wildman–Crippen MR) is 113 cm³/mol. The molecular formula is C23H30S2. The fourth-order valence-electron chi connectivity index (χ4n) is 4.51. The molecule has 2 aromatic heterocycles. The highest BCUT2D eigenvalue weighted by atomic mass is 32.1. The molecule has 1 unspecified atom stereocenters. The molecule has 0 spiro atoms. The minimum Gasteiger partial charge on any atom is -0.149 e. The summed E-state index contributed by atoms with van der Waals surface area (Å²) < 4.78 is 0. The van der Waals surface area contributed by atoms with Crippen LogP contribution in [0.25, 0.3) is 5.57 Å². The molecule has 134 valence electrons. The number of aryl methyl sites for hydroxylation is 3. The summed E-state index contributed by atoms with van der Waals surface area (Å²) in [6, 6.07) is 4.76. The minimum atomic E-state index is 0.775. The normalized spacial score (nSPS) is 24.2. The Kier molecular flexibility index (Phi) is 6.10. The molecule has 0 fully saturated rings. The first-order valence-electron chi connectivity index (χ1n) is 10.2. The molecule has 0 aliphatic heterocycles. The Bertz CT molecular complexity index is 703. The van der Waals surface area contributed by atoms with Gasteiger partial charge in [0.2, 0.25) is 0 Å². The molecule has 2 aromatic rings. The maximum Gasteiger partial charge on any atom is 0.0331 e. The molecule has 2 heterocycles. The van der Waals surface area contributed by atoms with Crippen LogP contribution in [-0.2, 0) is 19.3 Å². The van der Waals surface area contributed by atoms with Gasteiger partial charge in [0.25, 0.3) is 0 Å². The largest absolute Gasteiger partial charge is 0.149 e. The van der Waals surface area contributed by atoms with Crippen molar-refractivity contribution >= 4 is 28.2 Å². The van der Waals surface area contributed by atoms with Crippen LogP contribution in [0.15, 0.2) is 29.0 Å². The first-order valence-corrected chi connectivity index (χ1v) is 12.0. The Morgan fingerprint density at radius 2 is 1.48 bits per heavy atom. The number of fused-ring (bicyclic) bond motifs is 2. The van der Waals surface area contributed by atoms with E-state index >= 15 is 0 Å². The van der Waals surface area contributed by atoms with E-state index in [1.54, 1.807) is 26.5 Å². The van der Waals surface area contributed by atoms with Gasteiger partial charge in [-0.3, -0.25) is 0 Å². The Labute approximate surface area is 161 Å². The van der Waals surface area contributed by atoms with Crippen molar-refractivity contribution in [2.45, 2.75) is 77.0 Å². The van der Waals surface area contributed by atoms with Crippen LogP contribution in [-0.4, -0.2) is 0 Å². The van der Waals surface area contributed by atoms with Crippen LogP contribution in [0.1, 0.15) is 78.7 Å². The van der Waals surface area contributed by atoms with Gasteiger partial charge in [-0.25, -0.2) is 0 Å². The molecule has 1 atom stereocenters. The summed E-state index contributed by atoms with van der Waals surface area (Å²) in [4.78, 5) is 3.29. The van der Waals surface area contributed by atoms with E-state index in [0.717, 1.165) is 5.92 Å². The zero-order valence-electron chi connectivity index (χ0n) is 15.3. The van der Waals surface area contributed by atoms with Gasteiger partial charge in [0, 0.05) is 9.75 Å². The van der Waals surface area contributed by atoms with Gasteiger partial charge in [0.05, 0.1) is 0 Å². The molecule has 0 nitrogen and oxygen atoms in total. The van der Waals surface area contributed by atoms with E-state index in [2.05, 4.69) is 29.0 Å². The molecule has 0 N–H and O–H groups in total. The zero-order valence-corrected chi connectivity index (χ0v) is 16.9. The van der Waals surface area contributed by atoms with Gasteiger partial charge in [-0.2, -0.15) is 0 Å². The van der Waals surface area contributed by atoms with Gasteiger partial charge < -0.3 is 0 Å². The van der Waals surface area contributed by atoms with E-state index in [1.165, 1.54) is 77.0 Å². The average molecular weight is 371 g/mol. The van der Waals surface area contributed by atoms with Crippen molar-refractivity contribution in [1.29, 1.82) is 0 Å². The van der Waals surface area contributed by atoms with Crippen LogP contribution in [0.2, 0.25) is 0 Å². The lowest BCUT2D eigenvalue weighted by atomic mass is 9.88. The van der Waals surface area contributed by atoms with Crippen molar-refractivity contribution in [3.05, 3.63) is 49.9 Å². The quantitative estimate of drug-likeness (QED) is 0.483. The van der Waals surface area contributed by atoms with E-state index in [1.807, 2.05) is 22.7 Å². The van der Waals surface area contributed by atoms with Crippen molar-refractivity contribution in [3.63, 3.8) is 0 Å². The average Bonchev–Trinajstić information content (AvgIpc) is 3.24. The molecule has 0 saturated carbocycles. The lowest BCUT2D eigenvalue weighted by Gasteiger charge is -2.19. The third kappa shape index (κ3) is 4.46. The summed E-state index contributed by atoms with van der Waals surface area (Å²) in [5.74, 6) is 0.775. The SMILES string of the molecule is C(=C1\CCCCCc2ccsc21)/C1CCCCCc2ccsc2CC1. The van der Waals surface area contributed by atoms with Crippen LogP contribution in [0.4, 0.5) is 0 Å². The van der Waals surface area contributed by atoms with Crippen molar-refractivity contribution in [2.24, 2.45) is 5.92 Å². The summed E-state index contributed by atoms with van der Waals surface area (Å²) in [7, 11) is 0. The van der Waals surface area contributed by atoms with Gasteiger partial charge in [0.15, 0.2) is 0 Å². The Morgan fingerprint density at radius 1 is 0.720 bits per heavy atom. The maximum absolute atomic E-state index is 2.70. The van der Waals surface area contributed by atoms with Crippen LogP contribution in [0, 0.1) is 5.92 Å². The van der Waals surface area contributed by atoms with E-state index in [4.69, 9.17) is 0 Å². The zero-order chi connectivity index (χ0) is 16.9. The topological polar surface area (TPSA) is 0 Å². The highest BCUT2D eigenvalue weighted by Crippen LogP contribution is 2.35. The number of allylic oxidation sites excluding steroid dienone is 2. The Balaban J connectivity index is 1.55.